The van der Waals surface area contributed by atoms with Crippen molar-refractivity contribution in [2.45, 2.75) is 153 Å². The maximum atomic E-state index is 14.2. The highest BCUT2D eigenvalue weighted by molar-refractivity contribution is 6.40. The van der Waals surface area contributed by atoms with Gasteiger partial charge >= 0.3 is 0 Å². The first-order chi connectivity index (χ1) is 29.3. The molecule has 4 heterocycles. The van der Waals surface area contributed by atoms with Gasteiger partial charge in [0.05, 0.1) is 43.6 Å². The van der Waals surface area contributed by atoms with Gasteiger partial charge in [0.2, 0.25) is 23.6 Å². The minimum absolute atomic E-state index is 0.0943. The van der Waals surface area contributed by atoms with E-state index in [1.807, 2.05) is 50.4 Å². The van der Waals surface area contributed by atoms with Crippen molar-refractivity contribution in [3.8, 4) is 0 Å². The standard InChI is InChI=1S/C43H65N11O7/c1-8-36(53-26(2)14-12-13-17-33(42(53)59)47-38(55)27(3)44-5)41(58)49-35(29-15-10-9-11-16-29)25-61-24-30-23-52(51-50-30)31-18-20-34(48-39(56)28(4)45-6)43(60)54-32(22-31)19-21-37(54)40(57)46-7/h9-11,15-16,23,26-28,31-32,34-37,44-45H,8,12-14,17-22,24-25H2,1-7H3,(H,46,57)(H,48,56)(H,49,58)/t26-,27+,28+,31-,32-,34+,35-,36?,37+/m1/s1. The van der Waals surface area contributed by atoms with E-state index < -0.39 is 48.1 Å². The number of ether oxygens (including phenoxy) is 1. The third-order valence-corrected chi connectivity index (χ3v) is 12.4. The van der Waals surface area contributed by atoms with Crippen LogP contribution in [-0.2, 0) is 40.1 Å². The van der Waals surface area contributed by atoms with Gasteiger partial charge in [-0.2, -0.15) is 0 Å². The molecule has 3 aliphatic heterocycles. The molecule has 61 heavy (non-hydrogen) atoms. The van der Waals surface area contributed by atoms with Crippen LogP contribution in [0.1, 0.15) is 115 Å². The highest BCUT2D eigenvalue weighted by Crippen LogP contribution is 2.35. The monoisotopic (exact) mass is 848 g/mol. The van der Waals surface area contributed by atoms with Gasteiger partial charge in [0, 0.05) is 19.1 Å². The highest BCUT2D eigenvalue weighted by atomic mass is 16.5. The Bertz CT molecular complexity index is 1870. The summed E-state index contributed by atoms with van der Waals surface area (Å²) in [6.45, 7) is 7.41. The number of likely N-dealkylation sites (N-methyl/N-ethyl adjacent to an activating group) is 3. The van der Waals surface area contributed by atoms with E-state index in [1.54, 1.807) is 49.5 Å². The second-order valence-electron chi connectivity index (χ2n) is 16.5. The average molecular weight is 848 g/mol. The molecule has 1 unspecified atom stereocenters. The number of rotatable bonds is 16. The van der Waals surface area contributed by atoms with Crippen LogP contribution in [0.5, 0.6) is 0 Å². The molecule has 0 aliphatic carbocycles. The van der Waals surface area contributed by atoms with Gasteiger partial charge in [-0.3, -0.25) is 28.8 Å². The topological polar surface area (TPSA) is 221 Å². The van der Waals surface area contributed by atoms with Crippen molar-refractivity contribution in [2.24, 2.45) is 4.99 Å². The largest absolute Gasteiger partial charge is 0.373 e. The Morgan fingerprint density at radius 3 is 2.33 bits per heavy atom. The molecule has 334 valence electrons. The molecule has 1 aromatic heterocycles. The van der Waals surface area contributed by atoms with E-state index in [2.05, 4.69) is 41.9 Å². The lowest BCUT2D eigenvalue weighted by atomic mass is 9.94. The fourth-order valence-electron chi connectivity index (χ4n) is 8.52. The number of carbonyl (C=O) groups is 6. The van der Waals surface area contributed by atoms with Crippen molar-refractivity contribution >= 4 is 41.2 Å². The lowest BCUT2D eigenvalue weighted by molar-refractivity contribution is -0.144. The van der Waals surface area contributed by atoms with Crippen LogP contribution in [0.25, 0.3) is 0 Å². The van der Waals surface area contributed by atoms with Gasteiger partial charge < -0.3 is 41.1 Å². The fourth-order valence-corrected chi connectivity index (χ4v) is 8.52. The molecule has 0 radical (unpaired) electrons. The molecule has 6 amide bonds. The maximum Gasteiger partial charge on any atom is 0.269 e. The number of aromatic nitrogens is 3. The van der Waals surface area contributed by atoms with E-state index in [4.69, 9.17) is 4.74 Å². The van der Waals surface area contributed by atoms with E-state index in [9.17, 15) is 28.8 Å². The second kappa shape index (κ2) is 22.1. The summed E-state index contributed by atoms with van der Waals surface area (Å²) in [7, 11) is 4.90. The number of hydrogen-bond donors (Lipinski definition) is 5. The maximum absolute atomic E-state index is 14.2. The zero-order valence-electron chi connectivity index (χ0n) is 36.7. The normalized spacial score (nSPS) is 25.0. The van der Waals surface area contributed by atoms with Crippen LogP contribution < -0.4 is 26.6 Å². The predicted molar refractivity (Wildman–Crippen MR) is 228 cm³/mol. The number of fused-ring (bicyclic) bond motifs is 1. The van der Waals surface area contributed by atoms with Crippen LogP contribution in [0.2, 0.25) is 0 Å². The van der Waals surface area contributed by atoms with Gasteiger partial charge in [0.1, 0.15) is 29.5 Å². The van der Waals surface area contributed by atoms with Crippen molar-refractivity contribution in [3.63, 3.8) is 0 Å². The lowest BCUT2D eigenvalue weighted by Crippen LogP contribution is -2.58. The summed E-state index contributed by atoms with van der Waals surface area (Å²) < 4.78 is 8.00. The number of aliphatic imine (C=N–C) groups is 1. The lowest BCUT2D eigenvalue weighted by Gasteiger charge is -2.37. The molecule has 3 saturated heterocycles. The third-order valence-electron chi connectivity index (χ3n) is 12.4. The van der Waals surface area contributed by atoms with Crippen LogP contribution in [0.3, 0.4) is 0 Å². The predicted octanol–water partition coefficient (Wildman–Crippen LogP) is 1.72. The van der Waals surface area contributed by atoms with Crippen molar-refractivity contribution in [2.75, 3.05) is 27.7 Å². The Hall–Kier alpha value is -5.07. The van der Waals surface area contributed by atoms with Crippen LogP contribution in [0.15, 0.2) is 41.5 Å². The van der Waals surface area contributed by atoms with Crippen molar-refractivity contribution < 1.29 is 33.5 Å². The molecule has 5 N–H and O–H groups in total. The first-order valence-electron chi connectivity index (χ1n) is 21.8. The van der Waals surface area contributed by atoms with Crippen LogP contribution in [0.4, 0.5) is 0 Å². The zero-order chi connectivity index (χ0) is 44.2. The molecule has 2 aromatic rings. The molecular weight excluding hydrogens is 783 g/mol. The molecule has 0 saturated carbocycles. The second-order valence-corrected chi connectivity index (χ2v) is 16.5. The van der Waals surface area contributed by atoms with Crippen LogP contribution >= 0.6 is 0 Å². The summed E-state index contributed by atoms with van der Waals surface area (Å²) in [5, 5.41) is 23.4. The highest BCUT2D eigenvalue weighted by Gasteiger charge is 2.46. The van der Waals surface area contributed by atoms with Gasteiger partial charge in [-0.05, 0) is 98.2 Å². The number of amides is 6. The molecule has 18 heteroatoms. The summed E-state index contributed by atoms with van der Waals surface area (Å²) in [6, 6.07) is 4.97. The summed E-state index contributed by atoms with van der Waals surface area (Å²) in [5.41, 5.74) is 1.56. The molecule has 3 aliphatic rings. The average Bonchev–Trinajstić information content (AvgIpc) is 3.92. The first-order valence-corrected chi connectivity index (χ1v) is 21.8. The Morgan fingerprint density at radius 1 is 0.918 bits per heavy atom. The minimum Gasteiger partial charge on any atom is -0.373 e. The Morgan fingerprint density at radius 2 is 1.64 bits per heavy atom. The smallest absolute Gasteiger partial charge is 0.269 e. The first kappa shape index (κ1) is 47.0. The van der Waals surface area contributed by atoms with E-state index in [0.29, 0.717) is 50.6 Å². The SMILES string of the molecule is CCC(C(=O)N[C@H](COCc1cn([C@@H]2CC[C@H](NC(=O)[C@H](C)NC)C(=O)N3[C@H](CC[C@H]3C(=O)NC)C2)nn1)c1ccccc1)N1C(=O)C(=NC(=O)[C@H](C)NC)CCCC[C@H]1C. The van der Waals surface area contributed by atoms with E-state index in [1.165, 1.54) is 0 Å². The minimum atomic E-state index is -0.810. The Kier molecular flexibility index (Phi) is 17.1. The van der Waals surface area contributed by atoms with Gasteiger partial charge in [-0.1, -0.05) is 48.9 Å². The van der Waals surface area contributed by atoms with Crippen LogP contribution in [0, 0.1) is 0 Å². The summed E-state index contributed by atoms with van der Waals surface area (Å²) >= 11 is 0. The summed E-state index contributed by atoms with van der Waals surface area (Å²) in [4.78, 5) is 88.3. The number of carbonyl (C=O) groups excluding carboxylic acids is 6. The summed E-state index contributed by atoms with van der Waals surface area (Å²) in [5.74, 6) is -1.94. The van der Waals surface area contributed by atoms with Gasteiger partial charge in [0.15, 0.2) is 0 Å². The number of hydrogen-bond acceptors (Lipinski definition) is 11. The Labute approximate surface area is 358 Å². The van der Waals surface area contributed by atoms with Crippen LogP contribution in [-0.4, -0.2) is 136 Å². The molecule has 18 nitrogen and oxygen atoms in total. The van der Waals surface area contributed by atoms with E-state index in [-0.39, 0.29) is 60.7 Å². The van der Waals surface area contributed by atoms with Crippen molar-refractivity contribution in [3.05, 3.63) is 47.8 Å². The quantitative estimate of drug-likeness (QED) is 0.164. The summed E-state index contributed by atoms with van der Waals surface area (Å²) in [6.07, 6.45) is 7.42. The molecule has 0 bridgehead atoms. The van der Waals surface area contributed by atoms with E-state index in [0.717, 1.165) is 24.8 Å². The molecule has 0 spiro atoms. The molecule has 1 aromatic carbocycles. The van der Waals surface area contributed by atoms with Crippen molar-refractivity contribution in [1.29, 1.82) is 0 Å². The van der Waals surface area contributed by atoms with Gasteiger partial charge in [-0.25, -0.2) is 9.67 Å². The number of nitrogens with one attached hydrogen (secondary N) is 5. The number of benzene rings is 1. The molecule has 9 atom stereocenters. The molecule has 3 fully saturated rings. The molecule has 5 rings (SSSR count). The van der Waals surface area contributed by atoms with Gasteiger partial charge in [0.25, 0.3) is 11.8 Å². The number of likely N-dealkylation sites (tertiary alicyclic amines) is 1. The third kappa shape index (κ3) is 11.7. The van der Waals surface area contributed by atoms with E-state index >= 15 is 0 Å². The van der Waals surface area contributed by atoms with Crippen molar-refractivity contribution in [1.82, 2.24) is 51.4 Å². The fraction of sp³-hybridized carbons (Fsp3) is 0.651. The molecular formula is C43H65N11O7. The Balaban J connectivity index is 1.29. The number of nitrogens with zero attached hydrogens (tertiary/aromatic N) is 6. The van der Waals surface area contributed by atoms with Gasteiger partial charge in [-0.15, -0.1) is 5.10 Å². The zero-order valence-corrected chi connectivity index (χ0v) is 36.7.